The largest absolute Gasteiger partial charge is 0.394 e. The van der Waals surface area contributed by atoms with Crippen molar-refractivity contribution >= 4 is 40.7 Å². The molecular weight excluding hydrogens is 252 g/mol. The number of hydrogen-bond donors (Lipinski definition) is 3. The Kier molecular flexibility index (Phi) is 4.95. The third-order valence-electron chi connectivity index (χ3n) is 1.91. The first-order valence-electron chi connectivity index (χ1n) is 3.82. The lowest BCUT2D eigenvalue weighted by Crippen LogP contribution is -2.58. The first-order valence-corrected chi connectivity index (χ1v) is 4.95. The van der Waals surface area contributed by atoms with Crippen LogP contribution in [0.2, 0.25) is 0 Å². The Balaban J connectivity index is 4.56. The van der Waals surface area contributed by atoms with Gasteiger partial charge < -0.3 is 15.5 Å². The summed E-state index contributed by atoms with van der Waals surface area (Å²) in [6, 6.07) is 0. The molecule has 0 rings (SSSR count). The van der Waals surface area contributed by atoms with Gasteiger partial charge in [-0.3, -0.25) is 4.79 Å². The zero-order valence-corrected chi connectivity index (χ0v) is 9.99. The Morgan fingerprint density at radius 1 is 1.50 bits per heavy atom. The van der Waals surface area contributed by atoms with Crippen LogP contribution in [0, 0.1) is 0 Å². The number of amides is 1. The van der Waals surface area contributed by atoms with Gasteiger partial charge in [-0.05, 0) is 13.8 Å². The molecule has 0 aromatic rings. The summed E-state index contributed by atoms with van der Waals surface area (Å²) in [5, 5.41) is 20.5. The monoisotopic (exact) mass is 263 g/mol. The Morgan fingerprint density at radius 3 is 2.14 bits per heavy atom. The summed E-state index contributed by atoms with van der Waals surface area (Å²) in [6.07, 6.45) is -0.969. The van der Waals surface area contributed by atoms with Gasteiger partial charge in [0.2, 0.25) is 0 Å². The Labute approximate surface area is 97.1 Å². The normalized spacial score (nSPS) is 18.5. The van der Waals surface area contributed by atoms with E-state index in [0.717, 1.165) is 0 Å². The lowest BCUT2D eigenvalue weighted by Gasteiger charge is -2.32. The lowest BCUT2D eigenvalue weighted by molar-refractivity contribution is -0.124. The Bertz CT molecular complexity index is 217. The molecule has 0 bridgehead atoms. The van der Waals surface area contributed by atoms with Crippen LogP contribution in [-0.2, 0) is 4.79 Å². The molecule has 0 aliphatic carbocycles. The molecule has 0 saturated carbocycles. The SMILES string of the molecule is C[C@@H](O)[C@@](C)(CO)NC(=O)C(Cl)(Cl)Cl. The van der Waals surface area contributed by atoms with E-state index in [1.165, 1.54) is 13.8 Å². The van der Waals surface area contributed by atoms with Crippen LogP contribution in [0.1, 0.15) is 13.8 Å². The summed E-state index contributed by atoms with van der Waals surface area (Å²) in [5.41, 5.74) is -1.22. The van der Waals surface area contributed by atoms with Crippen LogP contribution in [0.25, 0.3) is 0 Å². The molecule has 0 aliphatic rings. The van der Waals surface area contributed by atoms with Gasteiger partial charge in [-0.25, -0.2) is 0 Å². The minimum atomic E-state index is -2.11. The van der Waals surface area contributed by atoms with Crippen LogP contribution in [0.4, 0.5) is 0 Å². The van der Waals surface area contributed by atoms with E-state index < -0.39 is 27.9 Å². The molecule has 0 heterocycles. The van der Waals surface area contributed by atoms with Crippen LogP contribution in [0.5, 0.6) is 0 Å². The van der Waals surface area contributed by atoms with Gasteiger partial charge in [-0.15, -0.1) is 0 Å². The minimum Gasteiger partial charge on any atom is -0.394 e. The fourth-order valence-electron chi connectivity index (χ4n) is 0.606. The molecule has 0 unspecified atom stereocenters. The third kappa shape index (κ3) is 3.79. The molecule has 0 aromatic carbocycles. The van der Waals surface area contributed by atoms with E-state index in [1.807, 2.05) is 0 Å². The molecule has 2 atom stereocenters. The molecule has 0 saturated heterocycles. The highest BCUT2D eigenvalue weighted by molar-refractivity contribution is 6.76. The minimum absolute atomic E-state index is 0.461. The molecule has 0 aromatic heterocycles. The molecule has 1 amide bonds. The smallest absolute Gasteiger partial charge is 0.272 e. The summed E-state index contributed by atoms with van der Waals surface area (Å²) in [5.74, 6) is -0.889. The second kappa shape index (κ2) is 4.86. The van der Waals surface area contributed by atoms with Crippen LogP contribution in [0.15, 0.2) is 0 Å². The molecule has 7 heteroatoms. The standard InChI is InChI=1S/C7H12Cl3NO3/c1-4(13)6(2,3-12)11-5(14)7(8,9)10/h4,12-13H,3H2,1-2H3,(H,11,14)/t4-,6-/m1/s1. The Morgan fingerprint density at radius 2 is 1.93 bits per heavy atom. The maximum absolute atomic E-state index is 11.2. The van der Waals surface area contributed by atoms with Crippen molar-refractivity contribution in [3.8, 4) is 0 Å². The quantitative estimate of drug-likeness (QED) is 0.654. The second-order valence-electron chi connectivity index (χ2n) is 3.20. The number of aliphatic hydroxyl groups excluding tert-OH is 2. The number of halogens is 3. The van der Waals surface area contributed by atoms with Gasteiger partial charge in [-0.2, -0.15) is 0 Å². The number of hydrogen-bond acceptors (Lipinski definition) is 3. The van der Waals surface area contributed by atoms with Crippen molar-refractivity contribution in [3.05, 3.63) is 0 Å². The van der Waals surface area contributed by atoms with Crippen molar-refractivity contribution in [1.29, 1.82) is 0 Å². The van der Waals surface area contributed by atoms with Crippen LogP contribution >= 0.6 is 34.8 Å². The number of carbonyl (C=O) groups excluding carboxylic acids is 1. The Hall–Kier alpha value is 0.260. The molecule has 14 heavy (non-hydrogen) atoms. The molecular formula is C7H12Cl3NO3. The number of alkyl halides is 3. The number of aliphatic hydroxyl groups is 2. The van der Waals surface area contributed by atoms with Gasteiger partial charge in [0.05, 0.1) is 18.2 Å². The number of nitrogens with one attached hydrogen (secondary N) is 1. The van der Waals surface area contributed by atoms with E-state index in [4.69, 9.17) is 39.9 Å². The van der Waals surface area contributed by atoms with Crippen molar-refractivity contribution in [2.75, 3.05) is 6.61 Å². The molecule has 84 valence electrons. The zero-order valence-electron chi connectivity index (χ0n) is 7.72. The molecule has 0 fully saturated rings. The first-order chi connectivity index (χ1) is 6.13. The van der Waals surface area contributed by atoms with Crippen molar-refractivity contribution in [2.45, 2.75) is 29.3 Å². The predicted molar refractivity (Wildman–Crippen MR) is 55.6 cm³/mol. The highest BCUT2D eigenvalue weighted by atomic mass is 35.6. The predicted octanol–water partition coefficient (Wildman–Crippen LogP) is 0.605. The fraction of sp³-hybridized carbons (Fsp3) is 0.857. The number of carbonyl (C=O) groups is 1. The highest BCUT2D eigenvalue weighted by Crippen LogP contribution is 2.27. The van der Waals surface area contributed by atoms with E-state index in [-0.39, 0.29) is 0 Å². The van der Waals surface area contributed by atoms with Crippen molar-refractivity contribution in [3.63, 3.8) is 0 Å². The van der Waals surface area contributed by atoms with Gasteiger partial charge in [0.25, 0.3) is 9.70 Å². The summed E-state index contributed by atoms with van der Waals surface area (Å²) in [4.78, 5) is 11.2. The topological polar surface area (TPSA) is 69.6 Å². The highest BCUT2D eigenvalue weighted by Gasteiger charge is 2.38. The zero-order chi connectivity index (χ0) is 11.6. The molecule has 0 aliphatic heterocycles. The van der Waals surface area contributed by atoms with Crippen molar-refractivity contribution in [1.82, 2.24) is 5.32 Å². The maximum Gasteiger partial charge on any atom is 0.272 e. The van der Waals surface area contributed by atoms with Crippen LogP contribution in [0.3, 0.4) is 0 Å². The van der Waals surface area contributed by atoms with Gasteiger partial charge in [0.15, 0.2) is 0 Å². The summed E-state index contributed by atoms with van der Waals surface area (Å²) >= 11 is 15.9. The number of rotatable bonds is 3. The molecule has 0 spiro atoms. The van der Waals surface area contributed by atoms with E-state index in [0.29, 0.717) is 0 Å². The first kappa shape index (κ1) is 14.3. The van der Waals surface area contributed by atoms with Gasteiger partial charge in [0.1, 0.15) is 0 Å². The van der Waals surface area contributed by atoms with Gasteiger partial charge in [-0.1, -0.05) is 34.8 Å². The van der Waals surface area contributed by atoms with Crippen molar-refractivity contribution in [2.24, 2.45) is 0 Å². The fourth-order valence-corrected chi connectivity index (χ4v) is 0.748. The third-order valence-corrected chi connectivity index (χ3v) is 2.42. The van der Waals surface area contributed by atoms with Crippen molar-refractivity contribution < 1.29 is 15.0 Å². The maximum atomic E-state index is 11.2. The van der Waals surface area contributed by atoms with Gasteiger partial charge >= 0.3 is 0 Å². The van der Waals surface area contributed by atoms with E-state index in [9.17, 15) is 9.90 Å². The molecule has 0 radical (unpaired) electrons. The summed E-state index contributed by atoms with van der Waals surface area (Å²) < 4.78 is -2.11. The summed E-state index contributed by atoms with van der Waals surface area (Å²) in [7, 11) is 0. The van der Waals surface area contributed by atoms with Crippen LogP contribution < -0.4 is 5.32 Å². The average molecular weight is 265 g/mol. The second-order valence-corrected chi connectivity index (χ2v) is 5.48. The van der Waals surface area contributed by atoms with E-state index in [2.05, 4.69) is 5.32 Å². The van der Waals surface area contributed by atoms with Gasteiger partial charge in [0, 0.05) is 0 Å². The molecule has 4 nitrogen and oxygen atoms in total. The van der Waals surface area contributed by atoms with E-state index >= 15 is 0 Å². The molecule has 3 N–H and O–H groups in total. The lowest BCUT2D eigenvalue weighted by atomic mass is 9.97. The van der Waals surface area contributed by atoms with Crippen LogP contribution in [-0.4, -0.2) is 38.2 Å². The summed E-state index contributed by atoms with van der Waals surface area (Å²) in [6.45, 7) is 2.39. The van der Waals surface area contributed by atoms with E-state index in [1.54, 1.807) is 0 Å². The average Bonchev–Trinajstić information content (AvgIpc) is 2.02.